The molecular formula is C11H12N4O2. The highest BCUT2D eigenvalue weighted by Crippen LogP contribution is 2.18. The number of carboxylic acid groups (broad SMARTS) is 1. The molecule has 0 radical (unpaired) electrons. The van der Waals surface area contributed by atoms with Crippen LogP contribution >= 0.6 is 0 Å². The molecule has 6 heteroatoms. The molecule has 5 N–H and O–H groups in total. The summed E-state index contributed by atoms with van der Waals surface area (Å²) < 4.78 is 0. The first-order valence-corrected chi connectivity index (χ1v) is 4.84. The smallest absolute Gasteiger partial charge is 0.327 e. The zero-order valence-corrected chi connectivity index (χ0v) is 8.92. The quantitative estimate of drug-likeness (QED) is 0.437. The van der Waals surface area contributed by atoms with Gasteiger partial charge in [-0.25, -0.2) is 4.79 Å². The van der Waals surface area contributed by atoms with Crippen molar-refractivity contribution < 1.29 is 9.90 Å². The predicted molar refractivity (Wildman–Crippen MR) is 61.3 cm³/mol. The predicted octanol–water partition coefficient (Wildman–Crippen LogP) is 0.230. The van der Waals surface area contributed by atoms with Gasteiger partial charge in [0.15, 0.2) is 5.96 Å². The minimum absolute atomic E-state index is 0.478. The van der Waals surface area contributed by atoms with Crippen molar-refractivity contribution >= 4 is 11.9 Å². The monoisotopic (exact) mass is 232 g/mol. The third kappa shape index (κ3) is 3.21. The first-order valence-electron chi connectivity index (χ1n) is 4.84. The van der Waals surface area contributed by atoms with Crippen LogP contribution in [-0.2, 0) is 4.79 Å². The number of nitrogens with zero attached hydrogens (tertiary/aromatic N) is 1. The first kappa shape index (κ1) is 12.5. The number of guanidine groups is 1. The Labute approximate surface area is 98.2 Å². The van der Waals surface area contributed by atoms with Crippen LogP contribution in [0.4, 0.5) is 0 Å². The van der Waals surface area contributed by atoms with Crippen LogP contribution < -0.4 is 11.1 Å². The van der Waals surface area contributed by atoms with Gasteiger partial charge in [-0.05, 0) is 5.56 Å². The second kappa shape index (κ2) is 5.51. The third-order valence-corrected chi connectivity index (χ3v) is 2.21. The van der Waals surface area contributed by atoms with E-state index in [1.54, 1.807) is 30.3 Å². The van der Waals surface area contributed by atoms with Crippen LogP contribution in [-0.4, -0.2) is 23.1 Å². The van der Waals surface area contributed by atoms with E-state index in [4.69, 9.17) is 21.5 Å². The van der Waals surface area contributed by atoms with Crippen LogP contribution in [0.15, 0.2) is 30.3 Å². The van der Waals surface area contributed by atoms with Gasteiger partial charge in [0, 0.05) is 0 Å². The fraction of sp³-hybridized carbons (Fsp3) is 0.182. The van der Waals surface area contributed by atoms with E-state index in [-0.39, 0.29) is 0 Å². The van der Waals surface area contributed by atoms with E-state index in [0.29, 0.717) is 5.56 Å². The minimum atomic E-state index is -1.24. The Bertz CT molecular complexity index is 452. The molecule has 0 amide bonds. The summed E-state index contributed by atoms with van der Waals surface area (Å²) in [5, 5.41) is 27.4. The normalized spacial score (nSPS) is 13.1. The fourth-order valence-electron chi connectivity index (χ4n) is 1.46. The lowest BCUT2D eigenvalue weighted by atomic mass is 9.93. The maximum atomic E-state index is 11.0. The van der Waals surface area contributed by atoms with Crippen LogP contribution in [0.5, 0.6) is 0 Å². The van der Waals surface area contributed by atoms with E-state index >= 15 is 0 Å². The van der Waals surface area contributed by atoms with Crippen molar-refractivity contribution in [2.45, 2.75) is 12.0 Å². The average Bonchev–Trinajstić information content (AvgIpc) is 2.29. The van der Waals surface area contributed by atoms with Gasteiger partial charge in [-0.15, -0.1) is 0 Å². The summed E-state index contributed by atoms with van der Waals surface area (Å²) in [5.74, 6) is -2.61. The molecule has 0 aromatic heterocycles. The minimum Gasteiger partial charge on any atom is -0.480 e. The largest absolute Gasteiger partial charge is 0.480 e. The molecule has 0 fully saturated rings. The molecule has 2 unspecified atom stereocenters. The summed E-state index contributed by atoms with van der Waals surface area (Å²) in [5.41, 5.74) is 5.67. The van der Waals surface area contributed by atoms with Crippen molar-refractivity contribution in [3.05, 3.63) is 35.9 Å². The van der Waals surface area contributed by atoms with Gasteiger partial charge < -0.3 is 16.2 Å². The number of aliphatic carboxylic acids is 1. The molecule has 0 aliphatic heterocycles. The number of carbonyl (C=O) groups is 1. The number of hydrogen-bond acceptors (Lipinski definition) is 3. The second-order valence-corrected chi connectivity index (χ2v) is 3.39. The van der Waals surface area contributed by atoms with E-state index < -0.39 is 23.9 Å². The molecule has 0 heterocycles. The van der Waals surface area contributed by atoms with Crippen molar-refractivity contribution in [2.24, 2.45) is 5.73 Å². The van der Waals surface area contributed by atoms with Crippen molar-refractivity contribution in [1.82, 2.24) is 5.32 Å². The molecule has 0 saturated carbocycles. The summed E-state index contributed by atoms with van der Waals surface area (Å²) in [6.07, 6.45) is 0. The van der Waals surface area contributed by atoms with Crippen LogP contribution in [0.25, 0.3) is 0 Å². The molecule has 0 saturated heterocycles. The fourth-order valence-corrected chi connectivity index (χ4v) is 1.46. The van der Waals surface area contributed by atoms with Gasteiger partial charge in [0.05, 0.1) is 6.07 Å². The van der Waals surface area contributed by atoms with Gasteiger partial charge in [0.25, 0.3) is 0 Å². The van der Waals surface area contributed by atoms with Gasteiger partial charge in [-0.3, -0.25) is 5.41 Å². The zero-order valence-electron chi connectivity index (χ0n) is 8.92. The lowest BCUT2D eigenvalue weighted by molar-refractivity contribution is -0.139. The van der Waals surface area contributed by atoms with E-state index in [9.17, 15) is 4.79 Å². The van der Waals surface area contributed by atoms with Crippen molar-refractivity contribution in [2.75, 3.05) is 0 Å². The molecule has 0 bridgehead atoms. The van der Waals surface area contributed by atoms with E-state index in [1.165, 1.54) is 0 Å². The molecular weight excluding hydrogens is 220 g/mol. The Balaban J connectivity index is 3.03. The number of nitrogens with one attached hydrogen (secondary N) is 2. The Morgan fingerprint density at radius 1 is 1.47 bits per heavy atom. The molecule has 17 heavy (non-hydrogen) atoms. The van der Waals surface area contributed by atoms with Gasteiger partial charge in [-0.1, -0.05) is 30.3 Å². The van der Waals surface area contributed by atoms with Gasteiger partial charge in [-0.2, -0.15) is 5.26 Å². The molecule has 6 nitrogen and oxygen atoms in total. The lowest BCUT2D eigenvalue weighted by Crippen LogP contribution is -2.47. The lowest BCUT2D eigenvalue weighted by Gasteiger charge is -2.19. The number of nitrogens with two attached hydrogens (primary N) is 1. The highest BCUT2D eigenvalue weighted by Gasteiger charge is 2.29. The van der Waals surface area contributed by atoms with Crippen LogP contribution in [0.3, 0.4) is 0 Å². The molecule has 88 valence electrons. The Morgan fingerprint density at radius 2 is 2.06 bits per heavy atom. The molecule has 0 spiro atoms. The summed E-state index contributed by atoms with van der Waals surface area (Å²) in [4.78, 5) is 11.0. The zero-order chi connectivity index (χ0) is 12.8. The first-order chi connectivity index (χ1) is 8.06. The summed E-state index contributed by atoms with van der Waals surface area (Å²) in [7, 11) is 0. The number of nitriles is 1. The SMILES string of the molecule is N#CC(c1ccccc1)C(NC(=N)N)C(=O)O. The number of carboxylic acids is 1. The maximum Gasteiger partial charge on any atom is 0.327 e. The summed E-state index contributed by atoms with van der Waals surface area (Å²) in [6, 6.07) is 9.19. The van der Waals surface area contributed by atoms with Crippen molar-refractivity contribution in [1.29, 1.82) is 10.7 Å². The molecule has 1 rings (SSSR count). The average molecular weight is 232 g/mol. The topological polar surface area (TPSA) is 123 Å². The summed E-state index contributed by atoms with van der Waals surface area (Å²) in [6.45, 7) is 0. The van der Waals surface area contributed by atoms with Gasteiger partial charge in [0.2, 0.25) is 0 Å². The molecule has 1 aromatic carbocycles. The molecule has 1 aromatic rings. The van der Waals surface area contributed by atoms with Crippen LogP contribution in [0.2, 0.25) is 0 Å². The van der Waals surface area contributed by atoms with E-state index in [2.05, 4.69) is 5.32 Å². The van der Waals surface area contributed by atoms with E-state index in [0.717, 1.165) is 0 Å². The van der Waals surface area contributed by atoms with Gasteiger partial charge >= 0.3 is 5.97 Å². The number of benzene rings is 1. The third-order valence-electron chi connectivity index (χ3n) is 2.21. The Morgan fingerprint density at radius 3 is 2.47 bits per heavy atom. The second-order valence-electron chi connectivity index (χ2n) is 3.39. The Hall–Kier alpha value is -2.55. The van der Waals surface area contributed by atoms with Crippen molar-refractivity contribution in [3.8, 4) is 6.07 Å². The number of rotatable bonds is 4. The standard InChI is InChI=1S/C11H12N4O2/c12-6-8(7-4-2-1-3-5-7)9(10(16)17)15-11(13)14/h1-5,8-9H,(H,16,17)(H4,13,14,15). The van der Waals surface area contributed by atoms with Crippen LogP contribution in [0, 0.1) is 16.7 Å². The van der Waals surface area contributed by atoms with Crippen LogP contribution in [0.1, 0.15) is 11.5 Å². The van der Waals surface area contributed by atoms with E-state index in [1.807, 2.05) is 6.07 Å². The molecule has 0 aliphatic carbocycles. The van der Waals surface area contributed by atoms with Gasteiger partial charge in [0.1, 0.15) is 12.0 Å². The maximum absolute atomic E-state index is 11.0. The molecule has 2 atom stereocenters. The summed E-state index contributed by atoms with van der Waals surface area (Å²) >= 11 is 0. The highest BCUT2D eigenvalue weighted by atomic mass is 16.4. The molecule has 0 aliphatic rings. The van der Waals surface area contributed by atoms with Crippen molar-refractivity contribution in [3.63, 3.8) is 0 Å². The highest BCUT2D eigenvalue weighted by molar-refractivity contribution is 5.84. The number of hydrogen-bond donors (Lipinski definition) is 4. The Kier molecular flexibility index (Phi) is 4.06.